The molecule has 3 atom stereocenters. The zero-order valence-corrected chi connectivity index (χ0v) is 20.7. The number of piperidine rings is 1. The van der Waals surface area contributed by atoms with E-state index in [-0.39, 0.29) is 17.4 Å². The Morgan fingerprint density at radius 2 is 1.70 bits per heavy atom. The summed E-state index contributed by atoms with van der Waals surface area (Å²) in [6.07, 6.45) is 7.63. The van der Waals surface area contributed by atoms with Gasteiger partial charge in [0.1, 0.15) is 0 Å². The van der Waals surface area contributed by atoms with E-state index in [2.05, 4.69) is 35.8 Å². The molecule has 4 heterocycles. The zero-order valence-electron chi connectivity index (χ0n) is 20.7. The number of carbonyl (C=O) groups is 2. The van der Waals surface area contributed by atoms with E-state index >= 15 is 0 Å². The average Bonchev–Trinajstić information content (AvgIpc) is 3.23. The number of rotatable bonds is 2. The maximum absolute atomic E-state index is 12.6. The Kier molecular flexibility index (Phi) is 5.92. The first-order valence-electron chi connectivity index (χ1n) is 12.9. The number of hydrogen-bond acceptors (Lipinski definition) is 4. The lowest BCUT2D eigenvalue weighted by Crippen LogP contribution is -2.50. The van der Waals surface area contributed by atoms with Gasteiger partial charge in [0.2, 0.25) is 5.91 Å². The summed E-state index contributed by atoms with van der Waals surface area (Å²) in [5.41, 5.74) is 5.15. The Bertz CT molecular complexity index is 937. The molecule has 0 aliphatic carbocycles. The quantitative estimate of drug-likeness (QED) is 0.659. The third kappa shape index (κ3) is 3.84. The molecular formula is C27H39N3O3. The van der Waals surface area contributed by atoms with Crippen LogP contribution in [0.2, 0.25) is 0 Å². The molecule has 2 amide bonds. The molecule has 0 radical (unpaired) electrons. The summed E-state index contributed by atoms with van der Waals surface area (Å²) in [7, 11) is 0. The minimum atomic E-state index is -0.110. The lowest BCUT2D eigenvalue weighted by molar-refractivity contribution is -0.116. The molecule has 0 aromatic heterocycles. The van der Waals surface area contributed by atoms with Crippen molar-refractivity contribution in [3.8, 4) is 0 Å². The molecule has 2 bridgehead atoms. The Hall–Kier alpha value is -2.08. The molecule has 4 aliphatic rings. The summed E-state index contributed by atoms with van der Waals surface area (Å²) in [4.78, 5) is 31.9. The smallest absolute Gasteiger partial charge is 0.410 e. The maximum atomic E-state index is 12.6. The standard InChI is InChI=1S/C27H39N3O3/c1-5-33-26(32)30-21-6-8-22(16-23(30)9-7-21)28-12-10-27(11-13-28)17-29(20(4)31)25-19(3)14-18(2)15-24(25)27/h14-15,21-23H,5-13,16-17H2,1-4H3. The fraction of sp³-hybridized carbons (Fsp3) is 0.704. The molecule has 0 N–H and O–H groups in total. The molecule has 33 heavy (non-hydrogen) atoms. The van der Waals surface area contributed by atoms with Crippen molar-refractivity contribution in [2.75, 3.05) is 31.1 Å². The van der Waals surface area contributed by atoms with Crippen LogP contribution in [0.15, 0.2) is 12.1 Å². The van der Waals surface area contributed by atoms with Crippen molar-refractivity contribution in [2.45, 2.75) is 96.2 Å². The first kappa shape index (κ1) is 22.7. The second-order valence-corrected chi connectivity index (χ2v) is 10.9. The van der Waals surface area contributed by atoms with Gasteiger partial charge in [-0.1, -0.05) is 17.7 Å². The normalized spacial score (nSPS) is 28.7. The van der Waals surface area contributed by atoms with E-state index in [4.69, 9.17) is 4.74 Å². The summed E-state index contributed by atoms with van der Waals surface area (Å²) < 4.78 is 5.38. The van der Waals surface area contributed by atoms with Crippen LogP contribution >= 0.6 is 0 Å². The van der Waals surface area contributed by atoms with Crippen molar-refractivity contribution >= 4 is 17.7 Å². The fourth-order valence-electron chi connectivity index (χ4n) is 7.32. The first-order valence-corrected chi connectivity index (χ1v) is 12.9. The number of aryl methyl sites for hydroxylation is 2. The summed E-state index contributed by atoms with van der Waals surface area (Å²) in [6.45, 7) is 11.3. The number of ether oxygens (including phenoxy) is 1. The third-order valence-electron chi connectivity index (χ3n) is 8.87. The van der Waals surface area contributed by atoms with Gasteiger partial charge in [0.25, 0.3) is 0 Å². The summed E-state index contributed by atoms with van der Waals surface area (Å²) in [6, 6.07) is 5.76. The number of carbonyl (C=O) groups excluding carboxylic acids is 2. The largest absolute Gasteiger partial charge is 0.450 e. The number of anilines is 1. The highest BCUT2D eigenvalue weighted by Crippen LogP contribution is 2.49. The van der Waals surface area contributed by atoms with Crippen molar-refractivity contribution in [3.05, 3.63) is 28.8 Å². The van der Waals surface area contributed by atoms with Crippen LogP contribution in [0.4, 0.5) is 10.5 Å². The number of hydrogen-bond donors (Lipinski definition) is 0. The predicted molar refractivity (Wildman–Crippen MR) is 130 cm³/mol. The number of nitrogens with zero attached hydrogens (tertiary/aromatic N) is 3. The summed E-state index contributed by atoms with van der Waals surface area (Å²) in [5, 5.41) is 0. The van der Waals surface area contributed by atoms with Gasteiger partial charge in [-0.3, -0.25) is 4.79 Å². The van der Waals surface area contributed by atoms with E-state index < -0.39 is 0 Å². The van der Waals surface area contributed by atoms with Crippen LogP contribution in [0.1, 0.15) is 75.5 Å². The maximum Gasteiger partial charge on any atom is 0.410 e. The SMILES string of the molecule is CCOC(=O)N1C2CCC(N3CCC4(CC3)CN(C(C)=O)c3c(C)cc(C)cc34)CC1CC2. The van der Waals surface area contributed by atoms with E-state index in [1.807, 2.05) is 11.8 Å². The Balaban J connectivity index is 1.31. The molecule has 4 aliphatic heterocycles. The van der Waals surface area contributed by atoms with Crippen molar-refractivity contribution < 1.29 is 14.3 Å². The van der Waals surface area contributed by atoms with E-state index in [1.165, 1.54) is 28.8 Å². The van der Waals surface area contributed by atoms with Gasteiger partial charge in [-0.2, -0.15) is 0 Å². The van der Waals surface area contributed by atoms with Crippen LogP contribution in [0.5, 0.6) is 0 Å². The molecule has 6 nitrogen and oxygen atoms in total. The molecule has 180 valence electrons. The Morgan fingerprint density at radius 1 is 1.03 bits per heavy atom. The van der Waals surface area contributed by atoms with E-state index in [1.54, 1.807) is 6.92 Å². The molecular weight excluding hydrogens is 414 g/mol. The molecule has 1 aromatic rings. The topological polar surface area (TPSA) is 53.1 Å². The van der Waals surface area contributed by atoms with Crippen LogP contribution in [0.3, 0.4) is 0 Å². The fourth-order valence-corrected chi connectivity index (χ4v) is 7.32. The van der Waals surface area contributed by atoms with Gasteiger partial charge in [-0.05, 0) is 89.9 Å². The predicted octanol–water partition coefficient (Wildman–Crippen LogP) is 4.55. The summed E-state index contributed by atoms with van der Waals surface area (Å²) >= 11 is 0. The van der Waals surface area contributed by atoms with Crippen molar-refractivity contribution in [1.29, 1.82) is 0 Å². The number of likely N-dealkylation sites (tertiary alicyclic amines) is 1. The number of fused-ring (bicyclic) bond motifs is 4. The Labute approximate surface area is 198 Å². The van der Waals surface area contributed by atoms with Crippen LogP contribution in [-0.4, -0.2) is 66.2 Å². The lowest BCUT2D eigenvalue weighted by Gasteiger charge is -2.43. The van der Waals surface area contributed by atoms with Gasteiger partial charge in [0.05, 0.1) is 12.3 Å². The number of benzene rings is 1. The molecule has 6 heteroatoms. The van der Waals surface area contributed by atoms with Gasteiger partial charge in [0.15, 0.2) is 0 Å². The molecule has 3 saturated heterocycles. The van der Waals surface area contributed by atoms with Crippen molar-refractivity contribution in [1.82, 2.24) is 9.80 Å². The molecule has 5 rings (SSSR count). The van der Waals surface area contributed by atoms with Gasteiger partial charge in [0, 0.05) is 37.0 Å². The minimum Gasteiger partial charge on any atom is -0.450 e. The van der Waals surface area contributed by atoms with Crippen LogP contribution < -0.4 is 4.90 Å². The van der Waals surface area contributed by atoms with Crippen LogP contribution in [0, 0.1) is 13.8 Å². The van der Waals surface area contributed by atoms with Crippen LogP contribution in [0.25, 0.3) is 0 Å². The summed E-state index contributed by atoms with van der Waals surface area (Å²) in [5.74, 6) is 0.154. The molecule has 1 aromatic carbocycles. The Morgan fingerprint density at radius 3 is 2.36 bits per heavy atom. The average molecular weight is 454 g/mol. The lowest BCUT2D eigenvalue weighted by atomic mass is 9.73. The molecule has 1 spiro atoms. The zero-order chi connectivity index (χ0) is 23.3. The molecule has 3 unspecified atom stereocenters. The minimum absolute atomic E-state index is 0.0784. The van der Waals surface area contributed by atoms with Crippen LogP contribution in [-0.2, 0) is 14.9 Å². The van der Waals surface area contributed by atoms with Gasteiger partial charge >= 0.3 is 6.09 Å². The molecule has 3 fully saturated rings. The second-order valence-electron chi connectivity index (χ2n) is 10.9. The highest BCUT2D eigenvalue weighted by Gasteiger charge is 2.48. The highest BCUT2D eigenvalue weighted by atomic mass is 16.6. The third-order valence-corrected chi connectivity index (χ3v) is 8.87. The van der Waals surface area contributed by atoms with E-state index in [0.29, 0.717) is 24.7 Å². The van der Waals surface area contributed by atoms with Gasteiger partial charge in [-0.15, -0.1) is 0 Å². The van der Waals surface area contributed by atoms with E-state index in [0.717, 1.165) is 58.2 Å². The first-order chi connectivity index (χ1) is 15.8. The monoisotopic (exact) mass is 453 g/mol. The highest BCUT2D eigenvalue weighted by molar-refractivity contribution is 5.96. The van der Waals surface area contributed by atoms with Gasteiger partial charge < -0.3 is 19.4 Å². The second kappa shape index (κ2) is 8.61. The number of amides is 2. The van der Waals surface area contributed by atoms with E-state index in [9.17, 15) is 9.59 Å². The molecule has 0 saturated carbocycles. The van der Waals surface area contributed by atoms with Crippen molar-refractivity contribution in [3.63, 3.8) is 0 Å². The van der Waals surface area contributed by atoms with Gasteiger partial charge in [-0.25, -0.2) is 4.79 Å². The van der Waals surface area contributed by atoms with Crippen molar-refractivity contribution in [2.24, 2.45) is 0 Å².